The molecule has 0 saturated carbocycles. The van der Waals surface area contributed by atoms with Crippen LogP contribution in [0.5, 0.6) is 0 Å². The van der Waals surface area contributed by atoms with Crippen LogP contribution in [0.25, 0.3) is 10.9 Å². The highest BCUT2D eigenvalue weighted by Gasteiger charge is 2.07. The molecule has 0 aliphatic rings. The molecule has 5 heteroatoms. The van der Waals surface area contributed by atoms with Gasteiger partial charge in [-0.1, -0.05) is 34.1 Å². The molecule has 3 aromatic rings. The zero-order chi connectivity index (χ0) is 15.5. The van der Waals surface area contributed by atoms with Gasteiger partial charge in [-0.15, -0.1) is 0 Å². The molecule has 0 radical (unpaired) electrons. The van der Waals surface area contributed by atoms with Crippen LogP contribution in [-0.2, 0) is 18.0 Å². The zero-order valence-corrected chi connectivity index (χ0v) is 13.1. The molecule has 0 atom stereocenters. The van der Waals surface area contributed by atoms with Crippen molar-refractivity contribution in [2.75, 3.05) is 0 Å². The van der Waals surface area contributed by atoms with E-state index in [1.54, 1.807) is 36.5 Å². The van der Waals surface area contributed by atoms with E-state index in [2.05, 4.69) is 20.9 Å². The maximum atomic E-state index is 13.7. The summed E-state index contributed by atoms with van der Waals surface area (Å²) in [6.07, 6.45) is 1.55. The van der Waals surface area contributed by atoms with Gasteiger partial charge in [-0.25, -0.2) is 8.78 Å². The quantitative estimate of drug-likeness (QED) is 0.651. The second-order valence-corrected chi connectivity index (χ2v) is 5.75. The van der Waals surface area contributed by atoms with E-state index in [1.165, 1.54) is 12.1 Å². The van der Waals surface area contributed by atoms with E-state index in [0.29, 0.717) is 20.9 Å². The summed E-state index contributed by atoms with van der Waals surface area (Å²) < 4.78 is 33.7. The third-order valence-electron chi connectivity index (χ3n) is 3.34. The Balaban J connectivity index is 1.76. The Morgan fingerprint density at radius 2 is 1.77 bits per heavy atom. The van der Waals surface area contributed by atoms with E-state index >= 15 is 0 Å². The van der Waals surface area contributed by atoms with Gasteiger partial charge in [0.15, 0.2) is 0 Å². The number of rotatable bonds is 4. The van der Waals surface area contributed by atoms with Gasteiger partial charge in [-0.05, 0) is 29.8 Å². The van der Waals surface area contributed by atoms with E-state index in [4.69, 9.17) is 4.74 Å². The summed E-state index contributed by atoms with van der Waals surface area (Å²) in [6, 6.07) is 11.4. The molecule has 22 heavy (non-hydrogen) atoms. The number of para-hydroxylation sites is 1. The number of halogens is 3. The summed E-state index contributed by atoms with van der Waals surface area (Å²) in [5, 5.41) is 0.707. The number of benzene rings is 2. The van der Waals surface area contributed by atoms with Crippen LogP contribution >= 0.6 is 15.9 Å². The number of pyridine rings is 1. The lowest BCUT2D eigenvalue weighted by Gasteiger charge is -2.08. The summed E-state index contributed by atoms with van der Waals surface area (Å²) in [5.41, 5.74) is 1.62. The molecule has 2 aromatic carbocycles. The van der Waals surface area contributed by atoms with Crippen molar-refractivity contribution in [3.05, 3.63) is 75.9 Å². The topological polar surface area (TPSA) is 22.1 Å². The lowest BCUT2D eigenvalue weighted by molar-refractivity contribution is 0.105. The summed E-state index contributed by atoms with van der Waals surface area (Å²) in [6.45, 7) is 0.413. The Labute approximate surface area is 134 Å². The van der Waals surface area contributed by atoms with Crippen LogP contribution < -0.4 is 0 Å². The van der Waals surface area contributed by atoms with Crippen LogP contribution in [-0.4, -0.2) is 4.98 Å². The minimum atomic E-state index is -0.363. The van der Waals surface area contributed by atoms with Crippen LogP contribution in [0, 0.1) is 11.6 Å². The molecule has 0 aliphatic carbocycles. The Bertz CT molecular complexity index is 823. The normalized spacial score (nSPS) is 11.0. The molecule has 2 nitrogen and oxygen atoms in total. The minimum absolute atomic E-state index is 0.151. The Morgan fingerprint density at radius 1 is 0.955 bits per heavy atom. The first kappa shape index (κ1) is 15.1. The Morgan fingerprint density at radius 3 is 2.59 bits per heavy atom. The van der Waals surface area contributed by atoms with Crippen molar-refractivity contribution in [3.63, 3.8) is 0 Å². The first-order valence-electron chi connectivity index (χ1n) is 6.69. The highest BCUT2D eigenvalue weighted by atomic mass is 79.9. The maximum absolute atomic E-state index is 13.7. The molecular formula is C17H12BrF2NO. The van der Waals surface area contributed by atoms with Crippen LogP contribution in [0.2, 0.25) is 0 Å². The number of nitrogens with zero attached hydrogens (tertiary/aromatic N) is 1. The zero-order valence-electron chi connectivity index (χ0n) is 11.5. The molecule has 0 fully saturated rings. The molecule has 0 aliphatic heterocycles. The van der Waals surface area contributed by atoms with Crippen LogP contribution in [0.15, 0.2) is 53.1 Å². The highest BCUT2D eigenvalue weighted by Crippen LogP contribution is 2.21. The highest BCUT2D eigenvalue weighted by molar-refractivity contribution is 9.10. The molecule has 112 valence electrons. The van der Waals surface area contributed by atoms with E-state index < -0.39 is 0 Å². The maximum Gasteiger partial charge on any atom is 0.149 e. The summed E-state index contributed by atoms with van der Waals surface area (Å²) in [5.74, 6) is -0.682. The van der Waals surface area contributed by atoms with Gasteiger partial charge in [0.1, 0.15) is 17.2 Å². The van der Waals surface area contributed by atoms with Crippen molar-refractivity contribution in [1.82, 2.24) is 4.98 Å². The van der Waals surface area contributed by atoms with Gasteiger partial charge in [0.25, 0.3) is 0 Å². The third-order valence-corrected chi connectivity index (χ3v) is 3.84. The summed E-state index contributed by atoms with van der Waals surface area (Å²) in [4.78, 5) is 4.04. The number of ether oxygens (including phenoxy) is 1. The standard InChI is InChI=1S/C17H12BrF2NO/c18-13-5-4-12(16(20)8-13)10-22-9-11-6-7-21-17-14(11)2-1-3-15(17)19/h1-8H,9-10H2. The number of hydrogen-bond acceptors (Lipinski definition) is 2. The van der Waals surface area contributed by atoms with Crippen molar-refractivity contribution in [3.8, 4) is 0 Å². The molecule has 0 unspecified atom stereocenters. The SMILES string of the molecule is Fc1cc(Br)ccc1COCc1ccnc2c(F)cccc12. The number of fused-ring (bicyclic) bond motifs is 1. The van der Waals surface area contributed by atoms with Gasteiger partial charge >= 0.3 is 0 Å². The molecular weight excluding hydrogens is 352 g/mol. The van der Waals surface area contributed by atoms with E-state index in [9.17, 15) is 8.78 Å². The predicted octanol–water partition coefficient (Wildman–Crippen LogP) is 4.99. The molecule has 3 rings (SSSR count). The first-order chi connectivity index (χ1) is 10.6. The fourth-order valence-electron chi connectivity index (χ4n) is 2.23. The lowest BCUT2D eigenvalue weighted by atomic mass is 10.1. The Hall–Kier alpha value is -1.85. The van der Waals surface area contributed by atoms with Crippen molar-refractivity contribution in [2.45, 2.75) is 13.2 Å². The predicted molar refractivity (Wildman–Crippen MR) is 84.3 cm³/mol. The van der Waals surface area contributed by atoms with Crippen LogP contribution in [0.1, 0.15) is 11.1 Å². The van der Waals surface area contributed by atoms with Crippen molar-refractivity contribution >= 4 is 26.8 Å². The minimum Gasteiger partial charge on any atom is -0.372 e. The molecule has 1 aromatic heterocycles. The monoisotopic (exact) mass is 363 g/mol. The van der Waals surface area contributed by atoms with Crippen LogP contribution in [0.3, 0.4) is 0 Å². The van der Waals surface area contributed by atoms with E-state index in [-0.39, 0.29) is 24.8 Å². The third kappa shape index (κ3) is 3.15. The van der Waals surface area contributed by atoms with Gasteiger partial charge < -0.3 is 4.74 Å². The molecule has 0 N–H and O–H groups in total. The summed E-state index contributed by atoms with van der Waals surface area (Å²) >= 11 is 3.21. The van der Waals surface area contributed by atoms with Crippen molar-refractivity contribution in [2.24, 2.45) is 0 Å². The van der Waals surface area contributed by atoms with Gasteiger partial charge in [0, 0.05) is 21.6 Å². The fourth-order valence-corrected chi connectivity index (χ4v) is 2.57. The second-order valence-electron chi connectivity index (χ2n) is 4.83. The molecule has 0 bridgehead atoms. The van der Waals surface area contributed by atoms with E-state index in [1.807, 2.05) is 0 Å². The number of hydrogen-bond donors (Lipinski definition) is 0. The Kier molecular flexibility index (Phi) is 4.45. The molecule has 1 heterocycles. The molecule has 0 saturated heterocycles. The molecule has 0 amide bonds. The lowest BCUT2D eigenvalue weighted by Crippen LogP contribution is -1.98. The second kappa shape index (κ2) is 6.50. The summed E-state index contributed by atoms with van der Waals surface area (Å²) in [7, 11) is 0. The van der Waals surface area contributed by atoms with Crippen molar-refractivity contribution < 1.29 is 13.5 Å². The fraction of sp³-hybridized carbons (Fsp3) is 0.118. The van der Waals surface area contributed by atoms with Gasteiger partial charge in [0.2, 0.25) is 0 Å². The van der Waals surface area contributed by atoms with Gasteiger partial charge in [0.05, 0.1) is 13.2 Å². The smallest absolute Gasteiger partial charge is 0.149 e. The first-order valence-corrected chi connectivity index (χ1v) is 7.48. The van der Waals surface area contributed by atoms with Crippen molar-refractivity contribution in [1.29, 1.82) is 0 Å². The van der Waals surface area contributed by atoms with Gasteiger partial charge in [-0.3, -0.25) is 4.98 Å². The molecule has 0 spiro atoms. The average molecular weight is 364 g/mol. The average Bonchev–Trinajstić information content (AvgIpc) is 2.50. The van der Waals surface area contributed by atoms with Crippen LogP contribution in [0.4, 0.5) is 8.78 Å². The number of aromatic nitrogens is 1. The van der Waals surface area contributed by atoms with Gasteiger partial charge in [-0.2, -0.15) is 0 Å². The van der Waals surface area contributed by atoms with E-state index in [0.717, 1.165) is 5.56 Å². The largest absolute Gasteiger partial charge is 0.372 e.